The van der Waals surface area contributed by atoms with Crippen molar-refractivity contribution in [2.75, 3.05) is 4.90 Å². The first-order valence-electron chi connectivity index (χ1n) is 19.4. The van der Waals surface area contributed by atoms with Crippen molar-refractivity contribution >= 4 is 70.4 Å². The van der Waals surface area contributed by atoms with Gasteiger partial charge in [-0.1, -0.05) is 146 Å². The van der Waals surface area contributed by atoms with Crippen LogP contribution < -0.4 is 4.90 Å². The molecule has 0 radical (unpaired) electrons. The molecule has 0 bridgehead atoms. The number of rotatable bonds is 7. The summed E-state index contributed by atoms with van der Waals surface area (Å²) in [5, 5.41) is 5.16. The summed E-state index contributed by atoms with van der Waals surface area (Å²) in [6.07, 6.45) is 0. The van der Waals surface area contributed by atoms with Crippen molar-refractivity contribution < 1.29 is 0 Å². The molecule has 0 aliphatic heterocycles. The maximum absolute atomic E-state index is 2.44. The van der Waals surface area contributed by atoms with E-state index < -0.39 is 0 Å². The Kier molecular flexibility index (Phi) is 8.04. The first kappa shape index (κ1) is 33.2. The molecular formula is C54H36N2S. The van der Waals surface area contributed by atoms with Crippen molar-refractivity contribution in [3.63, 3.8) is 0 Å². The minimum absolute atomic E-state index is 1.11. The van der Waals surface area contributed by atoms with E-state index in [0.29, 0.717) is 0 Å². The minimum Gasteiger partial charge on any atom is -0.310 e. The lowest BCUT2D eigenvalue weighted by atomic mass is 9.97. The Morgan fingerprint density at radius 3 is 1.63 bits per heavy atom. The van der Waals surface area contributed by atoms with E-state index in [9.17, 15) is 0 Å². The van der Waals surface area contributed by atoms with Crippen LogP contribution in [0.15, 0.2) is 218 Å². The summed E-state index contributed by atoms with van der Waals surface area (Å²) < 4.78 is 5.07. The highest BCUT2D eigenvalue weighted by Crippen LogP contribution is 2.41. The van der Waals surface area contributed by atoms with Crippen LogP contribution in [-0.2, 0) is 0 Å². The van der Waals surface area contributed by atoms with Gasteiger partial charge in [0.15, 0.2) is 0 Å². The highest BCUT2D eigenvalue weighted by molar-refractivity contribution is 7.25. The van der Waals surface area contributed by atoms with Crippen molar-refractivity contribution in [1.82, 2.24) is 4.57 Å². The first-order chi connectivity index (χ1) is 28.2. The molecular weight excluding hydrogens is 709 g/mol. The number of anilines is 3. The minimum atomic E-state index is 1.11. The molecule has 11 aromatic rings. The molecule has 0 unspecified atom stereocenters. The molecule has 0 aliphatic rings. The summed E-state index contributed by atoms with van der Waals surface area (Å²) in [4.78, 5) is 2.34. The topological polar surface area (TPSA) is 8.17 Å². The van der Waals surface area contributed by atoms with Gasteiger partial charge in [0.2, 0.25) is 0 Å². The van der Waals surface area contributed by atoms with E-state index in [4.69, 9.17) is 0 Å². The van der Waals surface area contributed by atoms with E-state index in [0.717, 1.165) is 17.1 Å². The molecule has 2 aromatic heterocycles. The van der Waals surface area contributed by atoms with Crippen LogP contribution in [0.2, 0.25) is 0 Å². The van der Waals surface area contributed by atoms with Crippen molar-refractivity contribution in [2.24, 2.45) is 0 Å². The Hall–Kier alpha value is -7.20. The van der Waals surface area contributed by atoms with Crippen molar-refractivity contribution in [3.8, 4) is 39.1 Å². The Morgan fingerprint density at radius 2 is 0.825 bits per heavy atom. The largest absolute Gasteiger partial charge is 0.310 e. The van der Waals surface area contributed by atoms with Crippen LogP contribution in [0.5, 0.6) is 0 Å². The van der Waals surface area contributed by atoms with Crippen LogP contribution in [-0.4, -0.2) is 4.57 Å². The molecule has 3 heteroatoms. The Morgan fingerprint density at radius 1 is 0.298 bits per heavy atom. The van der Waals surface area contributed by atoms with Crippen LogP contribution in [0.25, 0.3) is 81.0 Å². The first-order valence-corrected chi connectivity index (χ1v) is 20.2. The van der Waals surface area contributed by atoms with Gasteiger partial charge in [-0.3, -0.25) is 0 Å². The zero-order valence-corrected chi connectivity index (χ0v) is 31.9. The summed E-state index contributed by atoms with van der Waals surface area (Å²) >= 11 is 1.87. The molecule has 2 heterocycles. The maximum Gasteiger partial charge on any atom is 0.0547 e. The van der Waals surface area contributed by atoms with E-state index in [2.05, 4.69) is 228 Å². The summed E-state index contributed by atoms with van der Waals surface area (Å²) in [6, 6.07) is 79.3. The Bertz CT molecular complexity index is 3230. The standard InChI is InChI=1S/C54H36N2S/c1-3-13-37(14-4-1)38-25-28-44(29-26-38)55(43-18-5-2-6-19-43)45-20-12-17-41(34-45)39-15-11-16-40(33-39)42-27-31-48-47-21-7-9-23-51(47)56(52(48)35-42)46-30-32-50-49-22-8-10-24-53(49)57-54(50)36-46/h1-36H. The zero-order valence-electron chi connectivity index (χ0n) is 31.1. The quantitative estimate of drug-likeness (QED) is 0.158. The van der Waals surface area contributed by atoms with Gasteiger partial charge >= 0.3 is 0 Å². The van der Waals surface area contributed by atoms with Gasteiger partial charge in [0.1, 0.15) is 0 Å². The van der Waals surface area contributed by atoms with Gasteiger partial charge in [0.05, 0.1) is 11.0 Å². The summed E-state index contributed by atoms with van der Waals surface area (Å²) in [6.45, 7) is 0. The summed E-state index contributed by atoms with van der Waals surface area (Å²) in [5.74, 6) is 0. The van der Waals surface area contributed by atoms with Crippen LogP contribution in [0.1, 0.15) is 0 Å². The average molecular weight is 745 g/mol. The van der Waals surface area contributed by atoms with Gasteiger partial charge in [-0.2, -0.15) is 0 Å². The molecule has 0 atom stereocenters. The smallest absolute Gasteiger partial charge is 0.0547 e. The molecule has 0 spiro atoms. The fraction of sp³-hybridized carbons (Fsp3) is 0. The molecule has 57 heavy (non-hydrogen) atoms. The van der Waals surface area contributed by atoms with Crippen LogP contribution >= 0.6 is 11.3 Å². The number of nitrogens with zero attached hydrogens (tertiary/aromatic N) is 2. The highest BCUT2D eigenvalue weighted by Gasteiger charge is 2.17. The third-order valence-electron chi connectivity index (χ3n) is 11.2. The molecule has 2 nitrogen and oxygen atoms in total. The number of aromatic nitrogens is 1. The molecule has 268 valence electrons. The number of thiophene rings is 1. The lowest BCUT2D eigenvalue weighted by Crippen LogP contribution is -2.09. The normalized spacial score (nSPS) is 11.5. The van der Waals surface area contributed by atoms with Crippen molar-refractivity contribution in [1.29, 1.82) is 0 Å². The lowest BCUT2D eigenvalue weighted by molar-refractivity contribution is 1.19. The highest BCUT2D eigenvalue weighted by atomic mass is 32.1. The molecule has 0 saturated carbocycles. The Labute approximate surface area is 335 Å². The molecule has 0 fully saturated rings. The van der Waals surface area contributed by atoms with Crippen molar-refractivity contribution in [2.45, 2.75) is 0 Å². The van der Waals surface area contributed by atoms with Gasteiger partial charge in [0.25, 0.3) is 0 Å². The molecule has 9 aromatic carbocycles. The summed E-state index contributed by atoms with van der Waals surface area (Å²) in [7, 11) is 0. The fourth-order valence-electron chi connectivity index (χ4n) is 8.44. The van der Waals surface area contributed by atoms with E-state index in [1.807, 2.05) is 11.3 Å². The van der Waals surface area contributed by atoms with E-state index in [1.54, 1.807) is 0 Å². The van der Waals surface area contributed by atoms with Crippen LogP contribution in [0, 0.1) is 0 Å². The second-order valence-electron chi connectivity index (χ2n) is 14.6. The number of benzene rings is 9. The maximum atomic E-state index is 2.44. The third kappa shape index (κ3) is 5.88. The monoisotopic (exact) mass is 744 g/mol. The number of hydrogen-bond donors (Lipinski definition) is 0. The van der Waals surface area contributed by atoms with Crippen molar-refractivity contribution in [3.05, 3.63) is 218 Å². The van der Waals surface area contributed by atoms with Crippen LogP contribution in [0.3, 0.4) is 0 Å². The number of fused-ring (bicyclic) bond motifs is 6. The second kappa shape index (κ2) is 13.8. The Balaban J connectivity index is 0.987. The van der Waals surface area contributed by atoms with Gasteiger partial charge in [-0.15, -0.1) is 11.3 Å². The van der Waals surface area contributed by atoms with E-state index in [1.165, 1.54) is 81.0 Å². The van der Waals surface area contributed by atoms with Gasteiger partial charge in [-0.05, 0) is 106 Å². The predicted octanol–water partition coefficient (Wildman–Crippen LogP) is 15.6. The summed E-state index contributed by atoms with van der Waals surface area (Å²) in [5.41, 5.74) is 14.1. The zero-order chi connectivity index (χ0) is 37.7. The SMILES string of the molecule is c1ccc(-c2ccc(N(c3ccccc3)c3cccc(-c4cccc(-c5ccc6c7ccccc7n(-c7ccc8c(c7)sc7ccccc78)c6c5)c4)c3)cc2)cc1. The second-order valence-corrected chi connectivity index (χ2v) is 15.7. The molecule has 0 saturated heterocycles. The average Bonchev–Trinajstić information content (AvgIpc) is 3.82. The van der Waals surface area contributed by atoms with E-state index >= 15 is 0 Å². The molecule has 0 aliphatic carbocycles. The third-order valence-corrected chi connectivity index (χ3v) is 12.3. The molecule has 11 rings (SSSR count). The van der Waals surface area contributed by atoms with Gasteiger partial charge < -0.3 is 9.47 Å². The number of hydrogen-bond acceptors (Lipinski definition) is 2. The van der Waals surface area contributed by atoms with E-state index in [-0.39, 0.29) is 0 Å². The van der Waals surface area contributed by atoms with Crippen LogP contribution in [0.4, 0.5) is 17.1 Å². The molecule has 0 amide bonds. The predicted molar refractivity (Wildman–Crippen MR) is 245 cm³/mol. The number of para-hydroxylation sites is 2. The fourth-order valence-corrected chi connectivity index (χ4v) is 9.58. The van der Waals surface area contributed by atoms with Gasteiger partial charge in [-0.25, -0.2) is 0 Å². The lowest BCUT2D eigenvalue weighted by Gasteiger charge is -2.26. The molecule has 0 N–H and O–H groups in total. The van der Waals surface area contributed by atoms with Gasteiger partial charge in [0, 0.05) is 53.7 Å².